The molecule has 1 aliphatic carbocycles. The van der Waals surface area contributed by atoms with Gasteiger partial charge in [0.1, 0.15) is 5.75 Å². The Hall–Kier alpha value is -2.80. The van der Waals surface area contributed by atoms with E-state index in [4.69, 9.17) is 9.47 Å². The highest BCUT2D eigenvalue weighted by atomic mass is 16.5. The summed E-state index contributed by atoms with van der Waals surface area (Å²) >= 11 is 0. The predicted molar refractivity (Wildman–Crippen MR) is 127 cm³/mol. The molecule has 7 nitrogen and oxygen atoms in total. The van der Waals surface area contributed by atoms with Gasteiger partial charge in [-0.3, -0.25) is 9.89 Å². The number of nitrogens with zero attached hydrogens (tertiary/aromatic N) is 3. The fourth-order valence-electron chi connectivity index (χ4n) is 4.05. The molecule has 2 N–H and O–H groups in total. The maximum Gasteiger partial charge on any atom is 0.213 e. The first-order chi connectivity index (χ1) is 15.7. The summed E-state index contributed by atoms with van der Waals surface area (Å²) in [6, 6.07) is 12.7. The smallest absolute Gasteiger partial charge is 0.213 e. The Kier molecular flexibility index (Phi) is 7.82. The van der Waals surface area contributed by atoms with Crippen molar-refractivity contribution in [1.29, 1.82) is 0 Å². The van der Waals surface area contributed by atoms with E-state index in [1.807, 2.05) is 18.3 Å². The Balaban J connectivity index is 1.31. The molecule has 2 aliphatic rings. The Bertz CT molecular complexity index is 876. The van der Waals surface area contributed by atoms with Gasteiger partial charge in [0.15, 0.2) is 5.96 Å². The Morgan fingerprint density at radius 3 is 2.72 bits per heavy atom. The average molecular weight is 438 g/mol. The minimum Gasteiger partial charge on any atom is -0.497 e. The van der Waals surface area contributed by atoms with Crippen molar-refractivity contribution in [3.05, 3.63) is 53.7 Å². The van der Waals surface area contributed by atoms with Crippen LogP contribution in [0.1, 0.15) is 42.9 Å². The van der Waals surface area contributed by atoms with E-state index in [0.717, 1.165) is 49.4 Å². The van der Waals surface area contributed by atoms with E-state index >= 15 is 0 Å². The van der Waals surface area contributed by atoms with Gasteiger partial charge in [-0.1, -0.05) is 18.2 Å². The number of methoxy groups -OCH3 is 1. The molecule has 1 saturated heterocycles. The first kappa shape index (κ1) is 22.4. The van der Waals surface area contributed by atoms with E-state index in [-0.39, 0.29) is 6.04 Å². The second-order valence-electron chi connectivity index (χ2n) is 8.60. The van der Waals surface area contributed by atoms with Crippen molar-refractivity contribution in [3.8, 4) is 11.6 Å². The van der Waals surface area contributed by atoms with Crippen molar-refractivity contribution >= 4 is 5.96 Å². The minimum absolute atomic E-state index is 0.274. The highest BCUT2D eigenvalue weighted by Crippen LogP contribution is 2.29. The van der Waals surface area contributed by atoms with E-state index in [2.05, 4.69) is 49.8 Å². The first-order valence-corrected chi connectivity index (χ1v) is 11.7. The average Bonchev–Trinajstić information content (AvgIpc) is 3.52. The molecular weight excluding hydrogens is 402 g/mol. The summed E-state index contributed by atoms with van der Waals surface area (Å²) in [6.45, 7) is 4.46. The van der Waals surface area contributed by atoms with E-state index < -0.39 is 0 Å². The van der Waals surface area contributed by atoms with Crippen LogP contribution >= 0.6 is 0 Å². The Labute approximate surface area is 191 Å². The summed E-state index contributed by atoms with van der Waals surface area (Å²) in [5.41, 5.74) is 2.36. The van der Waals surface area contributed by atoms with Crippen LogP contribution in [-0.2, 0) is 6.54 Å². The quantitative estimate of drug-likeness (QED) is 0.439. The van der Waals surface area contributed by atoms with E-state index in [1.54, 1.807) is 14.2 Å². The number of nitrogens with one attached hydrogen (secondary N) is 2. The van der Waals surface area contributed by atoms with Gasteiger partial charge < -0.3 is 20.1 Å². The molecule has 1 unspecified atom stereocenters. The van der Waals surface area contributed by atoms with Crippen LogP contribution < -0.4 is 20.1 Å². The molecule has 1 aromatic carbocycles. The van der Waals surface area contributed by atoms with Crippen molar-refractivity contribution in [2.24, 2.45) is 10.9 Å². The molecule has 0 radical (unpaired) electrons. The highest BCUT2D eigenvalue weighted by Gasteiger charge is 2.24. The molecule has 7 heteroatoms. The summed E-state index contributed by atoms with van der Waals surface area (Å²) in [5, 5.41) is 6.92. The molecule has 1 aromatic heterocycles. The van der Waals surface area contributed by atoms with Crippen LogP contribution in [0.3, 0.4) is 0 Å². The molecule has 0 bridgehead atoms. The van der Waals surface area contributed by atoms with Gasteiger partial charge in [-0.15, -0.1) is 0 Å². The zero-order chi connectivity index (χ0) is 22.2. The molecule has 0 amide bonds. The summed E-state index contributed by atoms with van der Waals surface area (Å²) in [4.78, 5) is 11.4. The van der Waals surface area contributed by atoms with Crippen LogP contribution in [0, 0.1) is 5.92 Å². The summed E-state index contributed by atoms with van der Waals surface area (Å²) in [5.74, 6) is 3.11. The Morgan fingerprint density at radius 1 is 1.19 bits per heavy atom. The minimum atomic E-state index is 0.274. The molecule has 1 atom stereocenters. The van der Waals surface area contributed by atoms with Crippen LogP contribution in [0.2, 0.25) is 0 Å². The lowest BCUT2D eigenvalue weighted by Gasteiger charge is -2.29. The third kappa shape index (κ3) is 6.36. The fourth-order valence-corrected chi connectivity index (χ4v) is 4.05. The number of ether oxygens (including phenoxy) is 2. The van der Waals surface area contributed by atoms with Crippen LogP contribution in [-0.4, -0.2) is 56.2 Å². The van der Waals surface area contributed by atoms with Gasteiger partial charge >= 0.3 is 0 Å². The van der Waals surface area contributed by atoms with E-state index in [1.165, 1.54) is 31.2 Å². The van der Waals surface area contributed by atoms with E-state index in [9.17, 15) is 0 Å². The maximum atomic E-state index is 5.72. The number of rotatable bonds is 10. The lowest BCUT2D eigenvalue weighted by molar-refractivity contribution is 0.245. The molecule has 2 aromatic rings. The number of hydrogen-bond donors (Lipinski definition) is 2. The van der Waals surface area contributed by atoms with E-state index in [0.29, 0.717) is 12.4 Å². The highest BCUT2D eigenvalue weighted by molar-refractivity contribution is 5.79. The molecular formula is C25H35N5O2. The zero-order valence-corrected chi connectivity index (χ0v) is 19.2. The fraction of sp³-hybridized carbons (Fsp3) is 0.520. The van der Waals surface area contributed by atoms with Crippen LogP contribution in [0.25, 0.3) is 0 Å². The topological polar surface area (TPSA) is 71.0 Å². The second kappa shape index (κ2) is 11.2. The monoisotopic (exact) mass is 437 g/mol. The summed E-state index contributed by atoms with van der Waals surface area (Å²) in [7, 11) is 3.52. The molecule has 172 valence electrons. The number of hydrogen-bond acceptors (Lipinski definition) is 5. The van der Waals surface area contributed by atoms with Gasteiger partial charge in [0.2, 0.25) is 5.88 Å². The molecule has 4 rings (SSSR count). The predicted octanol–water partition coefficient (Wildman–Crippen LogP) is 3.38. The standard InChI is InChI=1S/C25H35N5O2/c1-26-25(28-16-20-10-11-24(27-15-20)32-18-19-8-9-19)29-17-23(30-12-3-4-13-30)21-6-5-7-22(14-21)31-2/h5-7,10-11,14-15,19,23H,3-4,8-9,12-13,16-18H2,1-2H3,(H2,26,28,29). The maximum absolute atomic E-state index is 5.72. The first-order valence-electron chi connectivity index (χ1n) is 11.7. The molecule has 1 aliphatic heterocycles. The second-order valence-corrected chi connectivity index (χ2v) is 8.60. The lowest BCUT2D eigenvalue weighted by atomic mass is 10.1. The number of aliphatic imine (C=N–C) groups is 1. The van der Waals surface area contributed by atoms with Gasteiger partial charge in [-0.05, 0) is 68.0 Å². The van der Waals surface area contributed by atoms with Gasteiger partial charge in [-0.25, -0.2) is 4.98 Å². The SMILES string of the molecule is CN=C(NCc1ccc(OCC2CC2)nc1)NCC(c1cccc(OC)c1)N1CCCC1. The largest absolute Gasteiger partial charge is 0.497 e. The molecule has 32 heavy (non-hydrogen) atoms. The molecule has 2 fully saturated rings. The van der Waals surface area contributed by atoms with Crippen molar-refractivity contribution in [3.63, 3.8) is 0 Å². The summed E-state index contributed by atoms with van der Waals surface area (Å²) in [6.07, 6.45) is 6.93. The van der Waals surface area contributed by atoms with Gasteiger partial charge in [0.25, 0.3) is 0 Å². The van der Waals surface area contributed by atoms with Crippen LogP contribution in [0.5, 0.6) is 11.6 Å². The van der Waals surface area contributed by atoms with Gasteiger partial charge in [0, 0.05) is 32.4 Å². The van der Waals surface area contributed by atoms with Crippen LogP contribution in [0.15, 0.2) is 47.6 Å². The molecule has 0 spiro atoms. The normalized spacial score (nSPS) is 17.8. The third-order valence-electron chi connectivity index (χ3n) is 6.17. The number of benzene rings is 1. The van der Waals surface area contributed by atoms with Crippen molar-refractivity contribution in [2.75, 3.05) is 40.4 Å². The van der Waals surface area contributed by atoms with Gasteiger partial charge in [-0.2, -0.15) is 0 Å². The van der Waals surface area contributed by atoms with Gasteiger partial charge in [0.05, 0.1) is 19.8 Å². The van der Waals surface area contributed by atoms with Crippen LogP contribution in [0.4, 0.5) is 0 Å². The van der Waals surface area contributed by atoms with Crippen molar-refractivity contribution in [1.82, 2.24) is 20.5 Å². The molecule has 1 saturated carbocycles. The Morgan fingerprint density at radius 2 is 2.03 bits per heavy atom. The van der Waals surface area contributed by atoms with Crippen molar-refractivity contribution in [2.45, 2.75) is 38.3 Å². The zero-order valence-electron chi connectivity index (χ0n) is 19.2. The number of guanidine groups is 1. The number of likely N-dealkylation sites (tertiary alicyclic amines) is 1. The molecule has 2 heterocycles. The third-order valence-corrected chi connectivity index (χ3v) is 6.17. The van der Waals surface area contributed by atoms with Crippen molar-refractivity contribution < 1.29 is 9.47 Å². The number of aromatic nitrogens is 1. The number of pyridine rings is 1. The lowest BCUT2D eigenvalue weighted by Crippen LogP contribution is -2.42. The summed E-state index contributed by atoms with van der Waals surface area (Å²) < 4.78 is 11.2.